The molecule has 0 fully saturated rings. The molecule has 28 heavy (non-hydrogen) atoms. The summed E-state index contributed by atoms with van der Waals surface area (Å²) in [6, 6.07) is 9.22. The Morgan fingerprint density at radius 3 is 2.21 bits per heavy atom. The third-order valence-electron chi connectivity index (χ3n) is 5.43. The van der Waals surface area contributed by atoms with Crippen LogP contribution in [0.3, 0.4) is 0 Å². The van der Waals surface area contributed by atoms with E-state index in [1.165, 1.54) is 12.3 Å². The molecule has 0 spiro atoms. The summed E-state index contributed by atoms with van der Waals surface area (Å²) in [5, 5.41) is 16.7. The van der Waals surface area contributed by atoms with Crippen molar-refractivity contribution in [1.82, 2.24) is 4.98 Å². The van der Waals surface area contributed by atoms with Crippen molar-refractivity contribution < 1.29 is 18.3 Å². The first-order valence-electron chi connectivity index (χ1n) is 9.06. The standard InChI is InChI=1S/C21H22F3N3O/c1-13(2)20(3,18-10-8-16(28)12-25-18)15-6-4-14(5-7-15)17-9-11-19(27-26-17)21(22,23)24/h4-10,12-13,19,28H,11H2,1-3H3. The SMILES string of the molecule is CC(C)C(C)(c1ccc(C2=CCC(C(F)(F)F)N=N2)cc1)c1ccc(O)cn1. The Balaban J connectivity index is 1.88. The van der Waals surface area contributed by atoms with Gasteiger partial charge >= 0.3 is 6.18 Å². The van der Waals surface area contributed by atoms with Crippen molar-refractivity contribution in [3.63, 3.8) is 0 Å². The number of alkyl halides is 3. The first-order chi connectivity index (χ1) is 13.1. The minimum absolute atomic E-state index is 0.108. The summed E-state index contributed by atoms with van der Waals surface area (Å²) in [5.41, 5.74) is 2.62. The van der Waals surface area contributed by atoms with Gasteiger partial charge in [-0.2, -0.15) is 23.4 Å². The van der Waals surface area contributed by atoms with E-state index in [2.05, 4.69) is 36.0 Å². The van der Waals surface area contributed by atoms with Crippen LogP contribution in [0.25, 0.3) is 5.70 Å². The van der Waals surface area contributed by atoms with Crippen molar-refractivity contribution >= 4 is 5.70 Å². The number of aromatic nitrogens is 1. The Hall–Kier alpha value is -2.70. The van der Waals surface area contributed by atoms with Gasteiger partial charge in [-0.15, -0.1) is 0 Å². The lowest BCUT2D eigenvalue weighted by atomic mass is 9.70. The highest BCUT2D eigenvalue weighted by Gasteiger charge is 2.40. The van der Waals surface area contributed by atoms with Crippen LogP contribution in [0.15, 0.2) is 58.9 Å². The van der Waals surface area contributed by atoms with Crippen LogP contribution in [-0.4, -0.2) is 22.3 Å². The number of benzene rings is 1. The van der Waals surface area contributed by atoms with Crippen LogP contribution in [0.1, 0.15) is 44.0 Å². The smallest absolute Gasteiger partial charge is 0.412 e. The molecular weight excluding hydrogens is 367 g/mol. The number of azo groups is 1. The third kappa shape index (κ3) is 3.79. The lowest BCUT2D eigenvalue weighted by molar-refractivity contribution is -0.147. The molecule has 1 N–H and O–H groups in total. The molecule has 2 atom stereocenters. The Bertz CT molecular complexity index is 887. The van der Waals surface area contributed by atoms with E-state index < -0.39 is 17.6 Å². The molecule has 1 aromatic carbocycles. The largest absolute Gasteiger partial charge is 0.506 e. The zero-order valence-corrected chi connectivity index (χ0v) is 15.9. The second-order valence-electron chi connectivity index (χ2n) is 7.43. The molecule has 1 aromatic heterocycles. The highest BCUT2D eigenvalue weighted by atomic mass is 19.4. The minimum Gasteiger partial charge on any atom is -0.506 e. The van der Waals surface area contributed by atoms with Crippen molar-refractivity contribution in [3.8, 4) is 5.75 Å². The van der Waals surface area contributed by atoms with Crippen molar-refractivity contribution in [1.29, 1.82) is 0 Å². The number of pyridine rings is 1. The van der Waals surface area contributed by atoms with Crippen LogP contribution in [0.5, 0.6) is 5.75 Å². The van der Waals surface area contributed by atoms with Gasteiger partial charge in [0.15, 0.2) is 6.04 Å². The van der Waals surface area contributed by atoms with E-state index in [1.54, 1.807) is 12.1 Å². The Morgan fingerprint density at radius 2 is 1.75 bits per heavy atom. The molecule has 7 heteroatoms. The summed E-state index contributed by atoms with van der Waals surface area (Å²) >= 11 is 0. The van der Waals surface area contributed by atoms with Gasteiger partial charge in [-0.05, 0) is 30.5 Å². The fourth-order valence-corrected chi connectivity index (χ4v) is 3.28. The second-order valence-corrected chi connectivity index (χ2v) is 7.43. The second kappa shape index (κ2) is 7.37. The Kier molecular flexibility index (Phi) is 5.28. The van der Waals surface area contributed by atoms with Gasteiger partial charge in [-0.25, -0.2) is 0 Å². The van der Waals surface area contributed by atoms with Crippen LogP contribution in [0, 0.1) is 5.92 Å². The normalized spacial score (nSPS) is 19.4. The summed E-state index contributed by atoms with van der Waals surface area (Å²) < 4.78 is 38.1. The maximum absolute atomic E-state index is 12.7. The third-order valence-corrected chi connectivity index (χ3v) is 5.43. The van der Waals surface area contributed by atoms with Gasteiger partial charge in [0.2, 0.25) is 0 Å². The maximum atomic E-state index is 12.7. The highest BCUT2D eigenvalue weighted by Crippen LogP contribution is 2.39. The molecule has 2 unspecified atom stereocenters. The summed E-state index contributed by atoms with van der Waals surface area (Å²) in [7, 11) is 0. The fraction of sp³-hybridized carbons (Fsp3) is 0.381. The average molecular weight is 389 g/mol. The molecule has 2 aromatic rings. The van der Waals surface area contributed by atoms with E-state index >= 15 is 0 Å². The molecule has 0 saturated heterocycles. The fourth-order valence-electron chi connectivity index (χ4n) is 3.28. The topological polar surface area (TPSA) is 57.8 Å². The van der Waals surface area contributed by atoms with E-state index in [0.717, 1.165) is 16.8 Å². The average Bonchev–Trinajstić information content (AvgIpc) is 2.67. The molecule has 0 bridgehead atoms. The van der Waals surface area contributed by atoms with Gasteiger partial charge in [0.1, 0.15) is 5.75 Å². The van der Waals surface area contributed by atoms with Crippen molar-refractivity contribution in [2.45, 2.75) is 44.8 Å². The lowest BCUT2D eigenvalue weighted by Gasteiger charge is -2.34. The number of hydrogen-bond donors (Lipinski definition) is 1. The molecule has 0 amide bonds. The van der Waals surface area contributed by atoms with Gasteiger partial charge in [-0.1, -0.05) is 44.2 Å². The van der Waals surface area contributed by atoms with Crippen molar-refractivity contribution in [3.05, 3.63) is 65.5 Å². The number of hydrogen-bond acceptors (Lipinski definition) is 4. The van der Waals surface area contributed by atoms with Gasteiger partial charge in [-0.3, -0.25) is 4.98 Å². The maximum Gasteiger partial charge on any atom is 0.412 e. The minimum atomic E-state index is -4.37. The molecule has 3 rings (SSSR count). The predicted octanol–water partition coefficient (Wildman–Crippen LogP) is 5.88. The van der Waals surface area contributed by atoms with Gasteiger partial charge in [0.25, 0.3) is 0 Å². The first kappa shape index (κ1) is 20.0. The molecule has 148 valence electrons. The summed E-state index contributed by atoms with van der Waals surface area (Å²) in [4.78, 5) is 4.39. The molecule has 4 nitrogen and oxygen atoms in total. The van der Waals surface area contributed by atoms with Crippen LogP contribution in [0.2, 0.25) is 0 Å². The quantitative estimate of drug-likeness (QED) is 0.710. The van der Waals surface area contributed by atoms with Crippen LogP contribution in [0.4, 0.5) is 13.2 Å². The molecule has 1 aliphatic rings. The summed E-state index contributed by atoms with van der Waals surface area (Å²) in [6.07, 6.45) is -1.67. The molecule has 0 radical (unpaired) electrons. The van der Waals surface area contributed by atoms with Gasteiger partial charge in [0, 0.05) is 17.4 Å². The Labute approximate surface area is 161 Å². The van der Waals surface area contributed by atoms with E-state index in [0.29, 0.717) is 5.70 Å². The van der Waals surface area contributed by atoms with Crippen LogP contribution >= 0.6 is 0 Å². The van der Waals surface area contributed by atoms with Gasteiger partial charge < -0.3 is 5.11 Å². The molecule has 1 aliphatic heterocycles. The molecule has 2 heterocycles. The van der Waals surface area contributed by atoms with Crippen LogP contribution in [-0.2, 0) is 5.41 Å². The zero-order valence-electron chi connectivity index (χ0n) is 15.9. The highest BCUT2D eigenvalue weighted by molar-refractivity contribution is 5.65. The van der Waals surface area contributed by atoms with Crippen LogP contribution < -0.4 is 0 Å². The number of rotatable bonds is 4. The predicted molar refractivity (Wildman–Crippen MR) is 101 cm³/mol. The summed E-state index contributed by atoms with van der Waals surface area (Å²) in [5.74, 6) is 0.327. The van der Waals surface area contributed by atoms with Crippen molar-refractivity contribution in [2.75, 3.05) is 0 Å². The number of nitrogens with zero attached hydrogens (tertiary/aromatic N) is 3. The van der Waals surface area contributed by atoms with E-state index in [-0.39, 0.29) is 18.1 Å². The van der Waals surface area contributed by atoms with Gasteiger partial charge in [0.05, 0.1) is 17.6 Å². The monoisotopic (exact) mass is 389 g/mol. The van der Waals surface area contributed by atoms with E-state index in [4.69, 9.17) is 0 Å². The lowest BCUT2D eigenvalue weighted by Crippen LogP contribution is -2.31. The number of halogens is 3. The van der Waals surface area contributed by atoms with E-state index in [1.807, 2.05) is 24.3 Å². The molecule has 0 saturated carbocycles. The Morgan fingerprint density at radius 1 is 1.07 bits per heavy atom. The summed E-state index contributed by atoms with van der Waals surface area (Å²) in [6.45, 7) is 6.27. The van der Waals surface area contributed by atoms with Crippen molar-refractivity contribution in [2.24, 2.45) is 16.1 Å². The first-order valence-corrected chi connectivity index (χ1v) is 9.06. The zero-order chi connectivity index (χ0) is 20.5. The number of aromatic hydroxyl groups is 1. The molecular formula is C21H22F3N3O. The molecule has 0 aliphatic carbocycles. The van der Waals surface area contributed by atoms with E-state index in [9.17, 15) is 18.3 Å².